The number of ether oxygens (including phenoxy) is 1. The molecule has 37 heavy (non-hydrogen) atoms. The summed E-state index contributed by atoms with van der Waals surface area (Å²) in [6, 6.07) is 6.14. The van der Waals surface area contributed by atoms with Crippen LogP contribution >= 0.6 is 11.8 Å². The van der Waals surface area contributed by atoms with Crippen molar-refractivity contribution in [2.24, 2.45) is 5.92 Å². The van der Waals surface area contributed by atoms with Gasteiger partial charge in [0.15, 0.2) is 0 Å². The molecule has 3 rings (SSSR count). The Kier molecular flexibility index (Phi) is 10.8. The van der Waals surface area contributed by atoms with Crippen molar-refractivity contribution in [3.05, 3.63) is 35.4 Å². The van der Waals surface area contributed by atoms with Gasteiger partial charge in [0, 0.05) is 25.6 Å². The number of methoxy groups -OCH3 is 1. The fourth-order valence-corrected chi connectivity index (χ4v) is 5.39. The predicted molar refractivity (Wildman–Crippen MR) is 144 cm³/mol. The number of esters is 1. The minimum Gasteiger partial charge on any atom is -0.467 e. The molecule has 204 valence electrons. The molecule has 10 heteroatoms. The number of thioether (sulfide) groups is 1. The van der Waals surface area contributed by atoms with E-state index < -0.39 is 24.1 Å². The van der Waals surface area contributed by atoms with Crippen LogP contribution < -0.4 is 16.0 Å². The molecule has 1 unspecified atom stereocenters. The molecule has 0 bridgehead atoms. The van der Waals surface area contributed by atoms with Crippen LogP contribution in [0.3, 0.4) is 0 Å². The Labute approximate surface area is 223 Å². The van der Waals surface area contributed by atoms with Gasteiger partial charge in [-0.05, 0) is 48.3 Å². The summed E-state index contributed by atoms with van der Waals surface area (Å²) in [7, 11) is 1.33. The molecule has 2 aliphatic rings. The third-order valence-corrected chi connectivity index (χ3v) is 8.11. The zero-order valence-electron chi connectivity index (χ0n) is 22.2. The van der Waals surface area contributed by atoms with Crippen LogP contribution in [0.2, 0.25) is 0 Å². The number of rotatable bonds is 12. The molecule has 3 N–H and O–H groups in total. The van der Waals surface area contributed by atoms with Crippen LogP contribution in [0.15, 0.2) is 24.3 Å². The molecule has 3 amide bonds. The van der Waals surface area contributed by atoms with Gasteiger partial charge < -0.3 is 20.7 Å². The number of amides is 3. The standard InChI is InChI=1S/C27H40N4O5S/c1-5-17(2)22(30-25(33)20-10-11-24(32)28-20)16-31-15-19-9-7-6-8-18(19)14-23(31)26(34)29-21(12-13-37-4)27(35)36-3/h6-9,17,20-23H,5,10-16H2,1-4H3,(H,28,32)(H,29,34)(H,30,33)/t17-,20-,21?,22+,23-/m0/s1. The molecule has 9 nitrogen and oxygen atoms in total. The SMILES string of the molecule is CC[C@H](C)[C@@H](CN1Cc2ccccc2C[C@H]1C(=O)NC(CCSC)C(=O)OC)NC(=O)[C@@H]1CCC(=O)N1. The summed E-state index contributed by atoms with van der Waals surface area (Å²) in [5.74, 6) is -0.0800. The van der Waals surface area contributed by atoms with E-state index in [1.807, 2.05) is 24.5 Å². The third-order valence-electron chi connectivity index (χ3n) is 7.46. The maximum atomic E-state index is 13.6. The van der Waals surface area contributed by atoms with Crippen LogP contribution in [0.1, 0.15) is 50.7 Å². The molecular formula is C27H40N4O5S. The average molecular weight is 533 g/mol. The summed E-state index contributed by atoms with van der Waals surface area (Å²) in [4.78, 5) is 52.6. The second kappa shape index (κ2) is 13.8. The van der Waals surface area contributed by atoms with Gasteiger partial charge in [0.05, 0.1) is 13.2 Å². The zero-order valence-corrected chi connectivity index (χ0v) is 23.1. The van der Waals surface area contributed by atoms with E-state index in [2.05, 4.69) is 40.8 Å². The van der Waals surface area contributed by atoms with Crippen molar-refractivity contribution in [2.75, 3.05) is 25.7 Å². The van der Waals surface area contributed by atoms with Gasteiger partial charge in [-0.1, -0.05) is 44.5 Å². The summed E-state index contributed by atoms with van der Waals surface area (Å²) in [5.41, 5.74) is 2.26. The number of hydrogen-bond acceptors (Lipinski definition) is 7. The summed E-state index contributed by atoms with van der Waals surface area (Å²) < 4.78 is 4.94. The highest BCUT2D eigenvalue weighted by Crippen LogP contribution is 2.25. The van der Waals surface area contributed by atoms with Crippen molar-refractivity contribution in [1.29, 1.82) is 0 Å². The normalized spacial score (nSPS) is 21.8. The second-order valence-electron chi connectivity index (χ2n) is 9.94. The Balaban J connectivity index is 1.81. The van der Waals surface area contributed by atoms with Crippen molar-refractivity contribution in [2.45, 2.75) is 76.7 Å². The summed E-state index contributed by atoms with van der Waals surface area (Å²) >= 11 is 1.61. The quantitative estimate of drug-likeness (QED) is 0.351. The van der Waals surface area contributed by atoms with Crippen LogP contribution in [0, 0.1) is 5.92 Å². The van der Waals surface area contributed by atoms with Crippen molar-refractivity contribution in [1.82, 2.24) is 20.9 Å². The Hall–Kier alpha value is -2.59. The van der Waals surface area contributed by atoms with E-state index in [4.69, 9.17) is 4.74 Å². The van der Waals surface area contributed by atoms with Gasteiger partial charge in [-0.3, -0.25) is 19.3 Å². The molecule has 1 aromatic rings. The van der Waals surface area contributed by atoms with Gasteiger partial charge in [0.1, 0.15) is 12.1 Å². The smallest absolute Gasteiger partial charge is 0.328 e. The summed E-state index contributed by atoms with van der Waals surface area (Å²) in [6.45, 7) is 5.19. The molecule has 1 fully saturated rings. The molecule has 1 aromatic carbocycles. The molecule has 5 atom stereocenters. The number of nitrogens with zero attached hydrogens (tertiary/aromatic N) is 1. The van der Waals surface area contributed by atoms with Crippen LogP contribution in [-0.2, 0) is 36.9 Å². The fourth-order valence-electron chi connectivity index (χ4n) is 4.92. The minimum atomic E-state index is -0.708. The molecule has 0 radical (unpaired) electrons. The first kappa shape index (κ1) is 29.0. The first-order valence-electron chi connectivity index (χ1n) is 13.0. The molecule has 1 saturated heterocycles. The summed E-state index contributed by atoms with van der Waals surface area (Å²) in [6.07, 6.45) is 4.65. The van der Waals surface area contributed by atoms with Gasteiger partial charge in [-0.15, -0.1) is 0 Å². The van der Waals surface area contributed by atoms with Gasteiger partial charge in [0.25, 0.3) is 0 Å². The number of hydrogen-bond donors (Lipinski definition) is 3. The fraction of sp³-hybridized carbons (Fsp3) is 0.630. The highest BCUT2D eigenvalue weighted by atomic mass is 32.2. The lowest BCUT2D eigenvalue weighted by Crippen LogP contribution is -2.58. The number of fused-ring (bicyclic) bond motifs is 1. The number of carbonyl (C=O) groups excluding carboxylic acids is 4. The largest absolute Gasteiger partial charge is 0.467 e. The van der Waals surface area contributed by atoms with E-state index in [9.17, 15) is 19.2 Å². The van der Waals surface area contributed by atoms with E-state index >= 15 is 0 Å². The molecular weight excluding hydrogens is 492 g/mol. The van der Waals surface area contributed by atoms with E-state index in [0.29, 0.717) is 38.8 Å². The van der Waals surface area contributed by atoms with Gasteiger partial charge in [-0.25, -0.2) is 4.79 Å². The number of carbonyl (C=O) groups is 4. The topological polar surface area (TPSA) is 117 Å². The highest BCUT2D eigenvalue weighted by molar-refractivity contribution is 7.98. The van der Waals surface area contributed by atoms with Crippen LogP contribution in [0.4, 0.5) is 0 Å². The Morgan fingerprint density at radius 2 is 1.92 bits per heavy atom. The maximum absolute atomic E-state index is 13.6. The lowest BCUT2D eigenvalue weighted by molar-refractivity contribution is -0.146. The average Bonchev–Trinajstić information content (AvgIpc) is 3.35. The molecule has 2 aliphatic heterocycles. The van der Waals surface area contributed by atoms with Crippen molar-refractivity contribution in [3.63, 3.8) is 0 Å². The molecule has 0 spiro atoms. The highest BCUT2D eigenvalue weighted by Gasteiger charge is 2.37. The Bertz CT molecular complexity index is 974. The first-order chi connectivity index (χ1) is 17.8. The van der Waals surface area contributed by atoms with Crippen molar-refractivity contribution in [3.8, 4) is 0 Å². The lowest BCUT2D eigenvalue weighted by atomic mass is 9.91. The van der Waals surface area contributed by atoms with Crippen LogP contribution in [0.5, 0.6) is 0 Å². The summed E-state index contributed by atoms with van der Waals surface area (Å²) in [5, 5.41) is 8.83. The third kappa shape index (κ3) is 7.70. The molecule has 2 heterocycles. The zero-order chi connectivity index (χ0) is 26.9. The van der Waals surface area contributed by atoms with Crippen molar-refractivity contribution < 1.29 is 23.9 Å². The van der Waals surface area contributed by atoms with E-state index in [1.54, 1.807) is 11.8 Å². The number of benzene rings is 1. The van der Waals surface area contributed by atoms with Crippen LogP contribution in [-0.4, -0.2) is 78.4 Å². The second-order valence-corrected chi connectivity index (χ2v) is 10.9. The molecule has 0 aromatic heterocycles. The van der Waals surface area contributed by atoms with Gasteiger partial charge >= 0.3 is 5.97 Å². The van der Waals surface area contributed by atoms with Crippen molar-refractivity contribution >= 4 is 35.5 Å². The molecule has 0 aliphatic carbocycles. The molecule has 0 saturated carbocycles. The van der Waals surface area contributed by atoms with Gasteiger partial charge in [0.2, 0.25) is 17.7 Å². The lowest BCUT2D eigenvalue weighted by Gasteiger charge is -2.40. The minimum absolute atomic E-state index is 0.105. The predicted octanol–water partition coefficient (Wildman–Crippen LogP) is 1.63. The monoisotopic (exact) mass is 532 g/mol. The van der Waals surface area contributed by atoms with Crippen LogP contribution in [0.25, 0.3) is 0 Å². The van der Waals surface area contributed by atoms with E-state index in [-0.39, 0.29) is 29.7 Å². The van der Waals surface area contributed by atoms with Gasteiger partial charge in [-0.2, -0.15) is 11.8 Å². The Morgan fingerprint density at radius 1 is 1.19 bits per heavy atom. The van der Waals surface area contributed by atoms with E-state index in [0.717, 1.165) is 23.3 Å². The maximum Gasteiger partial charge on any atom is 0.328 e. The van der Waals surface area contributed by atoms with E-state index in [1.165, 1.54) is 7.11 Å². The Morgan fingerprint density at radius 3 is 2.54 bits per heavy atom. The first-order valence-corrected chi connectivity index (χ1v) is 14.4. The number of nitrogens with one attached hydrogen (secondary N) is 3.